The molecule has 0 saturated heterocycles. The molecule has 0 aromatic heterocycles. The summed E-state index contributed by atoms with van der Waals surface area (Å²) in [6.45, 7) is 8.43. The molecular formula is C16H26N3O2+. The highest BCUT2D eigenvalue weighted by molar-refractivity contribution is 5.91. The molecule has 0 heterocycles. The zero-order valence-corrected chi connectivity index (χ0v) is 13.5. The lowest BCUT2D eigenvalue weighted by Gasteiger charge is -2.15. The van der Waals surface area contributed by atoms with Gasteiger partial charge in [-0.2, -0.15) is 0 Å². The maximum Gasteiger partial charge on any atom is 0.279 e. The van der Waals surface area contributed by atoms with Gasteiger partial charge in [0, 0.05) is 11.7 Å². The monoisotopic (exact) mass is 292 g/mol. The molecule has 0 aliphatic carbocycles. The Morgan fingerprint density at radius 2 is 1.71 bits per heavy atom. The lowest BCUT2D eigenvalue weighted by Crippen LogP contribution is -3.11. The summed E-state index contributed by atoms with van der Waals surface area (Å²) < 4.78 is 0. The number of likely N-dealkylation sites (N-methyl/N-ethyl adjacent to an activating group) is 1. The molecule has 0 saturated carbocycles. The third-order valence-corrected chi connectivity index (χ3v) is 3.16. The molecule has 0 bridgehead atoms. The van der Waals surface area contributed by atoms with Gasteiger partial charge in [-0.3, -0.25) is 9.59 Å². The summed E-state index contributed by atoms with van der Waals surface area (Å²) in [5.41, 5.74) is 3.13. The van der Waals surface area contributed by atoms with E-state index in [2.05, 4.69) is 10.6 Å². The number of aryl methyl sites for hydroxylation is 2. The highest BCUT2D eigenvalue weighted by atomic mass is 16.2. The van der Waals surface area contributed by atoms with Crippen molar-refractivity contribution < 1.29 is 14.5 Å². The molecule has 5 nitrogen and oxygen atoms in total. The van der Waals surface area contributed by atoms with Gasteiger partial charge in [-0.15, -0.1) is 0 Å². The SMILES string of the molecule is Cc1ccc(NC(=O)C[NH+](C)CC(=O)NC(C)C)cc1C. The Bertz CT molecular complexity index is 512. The molecular weight excluding hydrogens is 266 g/mol. The number of quaternary nitrogens is 1. The smallest absolute Gasteiger partial charge is 0.279 e. The average Bonchev–Trinajstić information content (AvgIpc) is 2.32. The first-order valence-electron chi connectivity index (χ1n) is 7.25. The predicted octanol–water partition coefficient (Wildman–Crippen LogP) is 0.281. The topological polar surface area (TPSA) is 62.6 Å². The van der Waals surface area contributed by atoms with Gasteiger partial charge in [0.05, 0.1) is 7.05 Å². The van der Waals surface area contributed by atoms with Crippen molar-refractivity contribution in [1.82, 2.24) is 5.32 Å². The van der Waals surface area contributed by atoms with Crippen LogP contribution in [-0.2, 0) is 9.59 Å². The second kappa shape index (κ2) is 7.78. The van der Waals surface area contributed by atoms with E-state index in [1.165, 1.54) is 5.56 Å². The van der Waals surface area contributed by atoms with Crippen LogP contribution in [0.2, 0.25) is 0 Å². The number of anilines is 1. The van der Waals surface area contributed by atoms with Crippen LogP contribution in [-0.4, -0.2) is 38.0 Å². The van der Waals surface area contributed by atoms with Gasteiger partial charge in [-0.25, -0.2) is 0 Å². The van der Waals surface area contributed by atoms with E-state index in [0.29, 0.717) is 6.54 Å². The Morgan fingerprint density at radius 3 is 2.29 bits per heavy atom. The van der Waals surface area contributed by atoms with Crippen LogP contribution < -0.4 is 15.5 Å². The number of hydrogen-bond acceptors (Lipinski definition) is 2. The van der Waals surface area contributed by atoms with Gasteiger partial charge < -0.3 is 15.5 Å². The van der Waals surface area contributed by atoms with Crippen molar-refractivity contribution in [3.8, 4) is 0 Å². The van der Waals surface area contributed by atoms with E-state index >= 15 is 0 Å². The van der Waals surface area contributed by atoms with Crippen molar-refractivity contribution in [2.45, 2.75) is 33.7 Å². The van der Waals surface area contributed by atoms with Gasteiger partial charge in [-0.1, -0.05) is 6.07 Å². The average molecular weight is 292 g/mol. The highest BCUT2D eigenvalue weighted by Gasteiger charge is 2.14. The molecule has 116 valence electrons. The van der Waals surface area contributed by atoms with Crippen LogP contribution in [0.15, 0.2) is 18.2 Å². The fraction of sp³-hybridized carbons (Fsp3) is 0.500. The minimum Gasteiger partial charge on any atom is -0.349 e. The van der Waals surface area contributed by atoms with Crippen LogP contribution in [0.4, 0.5) is 5.69 Å². The zero-order valence-electron chi connectivity index (χ0n) is 13.5. The number of hydrogen-bond donors (Lipinski definition) is 3. The summed E-state index contributed by atoms with van der Waals surface area (Å²) in [6, 6.07) is 5.95. The summed E-state index contributed by atoms with van der Waals surface area (Å²) in [5.74, 6) is -0.130. The number of benzene rings is 1. The fourth-order valence-electron chi connectivity index (χ4n) is 2.01. The van der Waals surface area contributed by atoms with Crippen molar-refractivity contribution in [1.29, 1.82) is 0 Å². The zero-order chi connectivity index (χ0) is 16.0. The molecule has 0 aliphatic heterocycles. The minimum atomic E-state index is -0.0897. The summed E-state index contributed by atoms with van der Waals surface area (Å²) in [5, 5.41) is 5.68. The summed E-state index contributed by atoms with van der Waals surface area (Å²) in [7, 11) is 1.83. The van der Waals surface area contributed by atoms with E-state index in [0.717, 1.165) is 16.2 Å². The van der Waals surface area contributed by atoms with Crippen LogP contribution in [0.1, 0.15) is 25.0 Å². The van der Waals surface area contributed by atoms with Gasteiger partial charge >= 0.3 is 0 Å². The summed E-state index contributed by atoms with van der Waals surface area (Å²) >= 11 is 0. The maximum absolute atomic E-state index is 12.0. The molecule has 1 rings (SSSR count). The molecule has 21 heavy (non-hydrogen) atoms. The summed E-state index contributed by atoms with van der Waals surface area (Å²) in [4.78, 5) is 24.4. The van der Waals surface area contributed by atoms with Crippen LogP contribution in [0, 0.1) is 13.8 Å². The van der Waals surface area contributed by atoms with Gasteiger partial charge in [0.1, 0.15) is 0 Å². The normalized spacial score (nSPS) is 12.1. The van der Waals surface area contributed by atoms with Crippen molar-refractivity contribution >= 4 is 17.5 Å². The summed E-state index contributed by atoms with van der Waals surface area (Å²) in [6.07, 6.45) is 0. The van der Waals surface area contributed by atoms with E-state index in [1.54, 1.807) is 0 Å². The van der Waals surface area contributed by atoms with E-state index < -0.39 is 0 Å². The molecule has 0 aliphatic rings. The second-order valence-electron chi connectivity index (χ2n) is 5.88. The van der Waals surface area contributed by atoms with Gasteiger partial charge in [0.15, 0.2) is 13.1 Å². The quantitative estimate of drug-likeness (QED) is 0.705. The lowest BCUT2D eigenvalue weighted by atomic mass is 10.1. The third-order valence-electron chi connectivity index (χ3n) is 3.16. The Balaban J connectivity index is 2.45. The third kappa shape index (κ3) is 6.40. The van der Waals surface area contributed by atoms with Crippen LogP contribution >= 0.6 is 0 Å². The first-order chi connectivity index (χ1) is 9.77. The first-order valence-corrected chi connectivity index (χ1v) is 7.25. The Hall–Kier alpha value is -1.88. The predicted molar refractivity (Wildman–Crippen MR) is 84.4 cm³/mol. The fourth-order valence-corrected chi connectivity index (χ4v) is 2.01. The molecule has 1 aromatic carbocycles. The molecule has 5 heteroatoms. The maximum atomic E-state index is 12.0. The number of amides is 2. The van der Waals surface area contributed by atoms with E-state index in [9.17, 15) is 9.59 Å². The van der Waals surface area contributed by atoms with Crippen molar-refractivity contribution in [3.05, 3.63) is 29.3 Å². The Labute approximate surface area is 126 Å². The second-order valence-corrected chi connectivity index (χ2v) is 5.88. The lowest BCUT2D eigenvalue weighted by molar-refractivity contribution is -0.862. The van der Waals surface area contributed by atoms with Crippen molar-refractivity contribution in [2.75, 3.05) is 25.5 Å². The number of carbonyl (C=O) groups excluding carboxylic acids is 2. The molecule has 1 unspecified atom stereocenters. The van der Waals surface area contributed by atoms with Gasteiger partial charge in [0.25, 0.3) is 11.8 Å². The van der Waals surface area contributed by atoms with Crippen molar-refractivity contribution in [2.24, 2.45) is 0 Å². The van der Waals surface area contributed by atoms with Gasteiger partial charge in [0.2, 0.25) is 0 Å². The van der Waals surface area contributed by atoms with Crippen LogP contribution in [0.5, 0.6) is 0 Å². The molecule has 1 atom stereocenters. The Morgan fingerprint density at radius 1 is 1.10 bits per heavy atom. The van der Waals surface area contributed by atoms with Crippen LogP contribution in [0.25, 0.3) is 0 Å². The Kier molecular flexibility index (Phi) is 6.37. The molecule has 0 fully saturated rings. The number of rotatable bonds is 6. The number of nitrogens with one attached hydrogen (secondary N) is 3. The van der Waals surface area contributed by atoms with E-state index in [-0.39, 0.29) is 24.4 Å². The van der Waals surface area contributed by atoms with Crippen molar-refractivity contribution in [3.63, 3.8) is 0 Å². The standard InChI is InChI=1S/C16H25N3O2/c1-11(2)17-15(20)9-19(5)10-16(21)18-14-7-6-12(3)13(4)8-14/h6-8,11H,9-10H2,1-5H3,(H,17,20)(H,18,21)/p+1. The highest BCUT2D eigenvalue weighted by Crippen LogP contribution is 2.13. The molecule has 1 aromatic rings. The van der Waals surface area contributed by atoms with Crippen LogP contribution in [0.3, 0.4) is 0 Å². The molecule has 0 radical (unpaired) electrons. The van der Waals surface area contributed by atoms with E-state index in [4.69, 9.17) is 0 Å². The van der Waals surface area contributed by atoms with Gasteiger partial charge in [-0.05, 0) is 51.0 Å². The largest absolute Gasteiger partial charge is 0.349 e. The number of carbonyl (C=O) groups is 2. The minimum absolute atomic E-state index is 0.0403. The van der Waals surface area contributed by atoms with E-state index in [1.807, 2.05) is 52.9 Å². The molecule has 3 N–H and O–H groups in total. The first kappa shape index (κ1) is 17.2. The molecule has 2 amide bonds. The molecule has 0 spiro atoms.